The minimum Gasteiger partial charge on any atom is -0.330 e. The molecule has 0 fully saturated rings. The molecule has 0 saturated heterocycles. The van der Waals surface area contributed by atoms with Gasteiger partial charge in [-0.15, -0.1) is 0 Å². The number of nitrogens with one attached hydrogen (secondary N) is 1. The van der Waals surface area contributed by atoms with Crippen molar-refractivity contribution in [1.82, 2.24) is 14.9 Å². The maximum atomic E-state index is 4.75. The van der Waals surface area contributed by atoms with Gasteiger partial charge in [0.15, 0.2) is 0 Å². The minimum absolute atomic E-state index is 0.265. The van der Waals surface area contributed by atoms with Crippen LogP contribution in [-0.4, -0.2) is 15.6 Å². The van der Waals surface area contributed by atoms with Crippen LogP contribution in [0.5, 0.6) is 0 Å². The number of nitrogens with zero attached hydrogens (tertiary/aromatic N) is 2. The molecule has 1 N–H and O–H groups in total. The van der Waals surface area contributed by atoms with E-state index in [2.05, 4.69) is 62.8 Å². The highest BCUT2D eigenvalue weighted by Crippen LogP contribution is 2.20. The summed E-state index contributed by atoms with van der Waals surface area (Å²) in [7, 11) is 2.09. The number of hydrogen-bond acceptors (Lipinski definition) is 2. The number of aromatic nitrogens is 2. The Bertz CT molecular complexity index is 544. The van der Waals surface area contributed by atoms with Crippen molar-refractivity contribution in [3.05, 3.63) is 30.1 Å². The maximum Gasteiger partial charge on any atom is 0.126 e. The van der Waals surface area contributed by atoms with E-state index in [-0.39, 0.29) is 6.04 Å². The van der Waals surface area contributed by atoms with Gasteiger partial charge in [0.2, 0.25) is 0 Å². The smallest absolute Gasteiger partial charge is 0.126 e. The van der Waals surface area contributed by atoms with Crippen LogP contribution in [0.2, 0.25) is 0 Å². The zero-order valence-corrected chi connectivity index (χ0v) is 12.6. The van der Waals surface area contributed by atoms with Crippen LogP contribution in [0.15, 0.2) is 24.3 Å². The van der Waals surface area contributed by atoms with Crippen LogP contribution in [0, 0.1) is 5.92 Å². The highest BCUT2D eigenvalue weighted by Gasteiger charge is 2.18. The molecule has 1 aromatic heterocycles. The van der Waals surface area contributed by atoms with E-state index in [0.717, 1.165) is 11.3 Å². The summed E-state index contributed by atoms with van der Waals surface area (Å²) in [5, 5.41) is 3.67. The largest absolute Gasteiger partial charge is 0.330 e. The molecule has 1 aromatic carbocycles. The molecule has 0 saturated carbocycles. The van der Waals surface area contributed by atoms with Crippen molar-refractivity contribution in [3.63, 3.8) is 0 Å². The van der Waals surface area contributed by atoms with E-state index in [1.165, 1.54) is 11.9 Å². The molecule has 104 valence electrons. The zero-order chi connectivity index (χ0) is 14.0. The summed E-state index contributed by atoms with van der Waals surface area (Å²) in [6, 6.07) is 9.06. The van der Waals surface area contributed by atoms with Crippen molar-refractivity contribution < 1.29 is 0 Å². The lowest BCUT2D eigenvalue weighted by molar-refractivity contribution is 0.352. The molecule has 3 heteroatoms. The third-order valence-electron chi connectivity index (χ3n) is 4.22. The summed E-state index contributed by atoms with van der Waals surface area (Å²) in [6.07, 6.45) is 1.20. The van der Waals surface area contributed by atoms with Crippen LogP contribution in [0.4, 0.5) is 0 Å². The Labute approximate surface area is 116 Å². The van der Waals surface area contributed by atoms with Crippen molar-refractivity contribution >= 4 is 11.0 Å². The number of hydrogen-bond donors (Lipinski definition) is 1. The van der Waals surface area contributed by atoms with E-state index in [1.54, 1.807) is 0 Å². The summed E-state index contributed by atoms with van der Waals surface area (Å²) >= 11 is 0. The first-order valence-electron chi connectivity index (χ1n) is 7.22. The van der Waals surface area contributed by atoms with Crippen LogP contribution < -0.4 is 5.32 Å². The first-order chi connectivity index (χ1) is 9.04. The number of para-hydroxylation sites is 2. The summed E-state index contributed by atoms with van der Waals surface area (Å²) in [5.41, 5.74) is 2.27. The minimum atomic E-state index is 0.265. The third-order valence-corrected chi connectivity index (χ3v) is 4.22. The average molecular weight is 259 g/mol. The molecule has 3 nitrogen and oxygen atoms in total. The van der Waals surface area contributed by atoms with Gasteiger partial charge in [0, 0.05) is 13.1 Å². The second-order valence-electron chi connectivity index (χ2n) is 5.58. The maximum absolute atomic E-state index is 4.75. The number of benzene rings is 1. The van der Waals surface area contributed by atoms with Crippen LogP contribution in [-0.2, 0) is 7.05 Å². The molecule has 1 heterocycles. The summed E-state index contributed by atoms with van der Waals surface area (Å²) in [5.74, 6) is 1.79. The van der Waals surface area contributed by atoms with Crippen LogP contribution in [0.3, 0.4) is 0 Å². The van der Waals surface area contributed by atoms with Crippen molar-refractivity contribution in [2.75, 3.05) is 0 Å². The Kier molecular flexibility index (Phi) is 4.25. The van der Waals surface area contributed by atoms with Gasteiger partial charge in [-0.3, -0.25) is 0 Å². The van der Waals surface area contributed by atoms with Crippen molar-refractivity contribution in [2.45, 2.75) is 46.2 Å². The van der Waals surface area contributed by atoms with Gasteiger partial charge in [0.1, 0.15) is 5.82 Å². The quantitative estimate of drug-likeness (QED) is 0.888. The highest BCUT2D eigenvalue weighted by molar-refractivity contribution is 5.75. The van der Waals surface area contributed by atoms with Crippen LogP contribution in [0.25, 0.3) is 11.0 Å². The normalized spacial score (nSPS) is 16.5. The number of aryl methyl sites for hydroxylation is 1. The number of rotatable bonds is 5. The van der Waals surface area contributed by atoms with Gasteiger partial charge < -0.3 is 9.88 Å². The fraction of sp³-hybridized carbons (Fsp3) is 0.562. The molecule has 0 radical (unpaired) electrons. The molecular formula is C16H25N3. The molecule has 19 heavy (non-hydrogen) atoms. The Balaban J connectivity index is 2.22. The third kappa shape index (κ3) is 2.81. The summed E-state index contributed by atoms with van der Waals surface area (Å²) in [6.45, 7) is 8.98. The second-order valence-corrected chi connectivity index (χ2v) is 5.58. The lowest BCUT2D eigenvalue weighted by Gasteiger charge is -2.24. The predicted molar refractivity (Wildman–Crippen MR) is 81.2 cm³/mol. The van der Waals surface area contributed by atoms with Crippen LogP contribution >= 0.6 is 0 Å². The van der Waals surface area contributed by atoms with Gasteiger partial charge in [-0.05, 0) is 31.9 Å². The first kappa shape index (κ1) is 14.1. The van der Waals surface area contributed by atoms with Gasteiger partial charge in [0.25, 0.3) is 0 Å². The number of fused-ring (bicyclic) bond motifs is 1. The van der Waals surface area contributed by atoms with Crippen molar-refractivity contribution in [1.29, 1.82) is 0 Å². The molecule has 0 bridgehead atoms. The lowest BCUT2D eigenvalue weighted by atomic mass is 10.0. The molecule has 3 unspecified atom stereocenters. The second kappa shape index (κ2) is 5.74. The first-order valence-corrected chi connectivity index (χ1v) is 7.22. The van der Waals surface area contributed by atoms with E-state index in [0.29, 0.717) is 12.0 Å². The molecule has 2 rings (SSSR count). The van der Waals surface area contributed by atoms with Crippen molar-refractivity contribution in [2.24, 2.45) is 13.0 Å². The Morgan fingerprint density at radius 2 is 1.89 bits per heavy atom. The Hall–Kier alpha value is -1.35. The Morgan fingerprint density at radius 1 is 1.21 bits per heavy atom. The van der Waals surface area contributed by atoms with E-state index in [9.17, 15) is 0 Å². The fourth-order valence-corrected chi connectivity index (χ4v) is 2.54. The van der Waals surface area contributed by atoms with E-state index in [1.807, 2.05) is 6.07 Å². The molecular weight excluding hydrogens is 234 g/mol. The molecule has 0 aliphatic rings. The highest BCUT2D eigenvalue weighted by atomic mass is 15.1. The SMILES string of the molecule is CCC(C)C(C)NC(C)c1nc2ccccc2n1C. The van der Waals surface area contributed by atoms with Gasteiger partial charge in [-0.25, -0.2) is 4.98 Å². The molecule has 0 spiro atoms. The molecule has 0 amide bonds. The van der Waals surface area contributed by atoms with Crippen LogP contribution in [0.1, 0.15) is 46.0 Å². The monoisotopic (exact) mass is 259 g/mol. The van der Waals surface area contributed by atoms with E-state index >= 15 is 0 Å². The molecule has 3 atom stereocenters. The predicted octanol–water partition coefficient (Wildman–Crippen LogP) is 3.66. The van der Waals surface area contributed by atoms with Gasteiger partial charge in [0.05, 0.1) is 17.1 Å². The molecule has 0 aliphatic heterocycles. The van der Waals surface area contributed by atoms with Gasteiger partial charge >= 0.3 is 0 Å². The van der Waals surface area contributed by atoms with E-state index < -0.39 is 0 Å². The average Bonchev–Trinajstić information content (AvgIpc) is 2.75. The summed E-state index contributed by atoms with van der Waals surface area (Å²) in [4.78, 5) is 4.75. The van der Waals surface area contributed by atoms with E-state index in [4.69, 9.17) is 4.98 Å². The topological polar surface area (TPSA) is 29.9 Å². The van der Waals surface area contributed by atoms with Gasteiger partial charge in [-0.1, -0.05) is 32.4 Å². The zero-order valence-electron chi connectivity index (χ0n) is 12.6. The standard InChI is InChI=1S/C16H25N3/c1-6-11(2)12(3)17-13(4)16-18-14-9-7-8-10-15(14)19(16)5/h7-13,17H,6H2,1-5H3. The Morgan fingerprint density at radius 3 is 2.53 bits per heavy atom. The fourth-order valence-electron chi connectivity index (χ4n) is 2.54. The molecule has 0 aliphatic carbocycles. The number of imidazole rings is 1. The van der Waals surface area contributed by atoms with Gasteiger partial charge in [-0.2, -0.15) is 0 Å². The van der Waals surface area contributed by atoms with Crippen molar-refractivity contribution in [3.8, 4) is 0 Å². The molecule has 2 aromatic rings. The lowest BCUT2D eigenvalue weighted by Crippen LogP contribution is -2.35. The summed E-state index contributed by atoms with van der Waals surface area (Å²) < 4.78 is 2.19.